The van der Waals surface area contributed by atoms with Crippen LogP contribution in [-0.2, 0) is 11.3 Å². The van der Waals surface area contributed by atoms with E-state index < -0.39 is 22.0 Å². The van der Waals surface area contributed by atoms with Crippen LogP contribution in [0.2, 0.25) is 5.02 Å². The van der Waals surface area contributed by atoms with Gasteiger partial charge in [0.2, 0.25) is 0 Å². The van der Waals surface area contributed by atoms with Crippen molar-refractivity contribution in [3.8, 4) is 11.3 Å². The van der Waals surface area contributed by atoms with Crippen molar-refractivity contribution in [1.29, 1.82) is 0 Å². The number of imide groups is 1. The van der Waals surface area contributed by atoms with Gasteiger partial charge in [0.1, 0.15) is 11.5 Å². The van der Waals surface area contributed by atoms with Crippen LogP contribution in [0.3, 0.4) is 0 Å². The number of amides is 2. The number of carboxylic acids is 1. The summed E-state index contributed by atoms with van der Waals surface area (Å²) < 4.78 is 5.70. The average molecular weight is 485 g/mol. The predicted octanol–water partition coefficient (Wildman–Crippen LogP) is 5.44. The van der Waals surface area contributed by atoms with Gasteiger partial charge in [0, 0.05) is 23.3 Å². The minimum absolute atomic E-state index is 0.0310. The zero-order valence-electron chi connectivity index (χ0n) is 16.6. The molecule has 1 aliphatic rings. The standard InChI is InChI=1S/C22H13ClN2O7S/c23-16-7-5-12(21(27)28)9-15(16)18-8-6-14(32-18)10-19-20(26)24(22(29)33-19)11-13-3-1-2-4-17(13)25(30)31/h1-10H,11H2,(H,27,28). The van der Waals surface area contributed by atoms with E-state index >= 15 is 0 Å². The number of hydrogen-bond acceptors (Lipinski definition) is 7. The van der Waals surface area contributed by atoms with Crippen LogP contribution < -0.4 is 0 Å². The van der Waals surface area contributed by atoms with Crippen molar-refractivity contribution in [2.75, 3.05) is 0 Å². The van der Waals surface area contributed by atoms with E-state index in [9.17, 15) is 29.6 Å². The van der Waals surface area contributed by atoms with Gasteiger partial charge in [-0.05, 0) is 42.1 Å². The number of benzene rings is 2. The Bertz CT molecular complexity index is 1350. The van der Waals surface area contributed by atoms with Crippen molar-refractivity contribution >= 4 is 52.2 Å². The molecule has 2 heterocycles. The van der Waals surface area contributed by atoms with E-state index in [1.54, 1.807) is 18.2 Å². The molecule has 0 aliphatic carbocycles. The highest BCUT2D eigenvalue weighted by Gasteiger charge is 2.36. The molecule has 1 N–H and O–H groups in total. The molecule has 2 amide bonds. The Kier molecular flexibility index (Phi) is 6.03. The van der Waals surface area contributed by atoms with Crippen LogP contribution in [0.1, 0.15) is 21.7 Å². The lowest BCUT2D eigenvalue weighted by atomic mass is 10.1. The monoisotopic (exact) mass is 484 g/mol. The Hall–Kier alpha value is -3.89. The second-order valence-electron chi connectivity index (χ2n) is 6.86. The average Bonchev–Trinajstić information content (AvgIpc) is 3.34. The zero-order chi connectivity index (χ0) is 23.7. The Morgan fingerprint density at radius 1 is 1.18 bits per heavy atom. The van der Waals surface area contributed by atoms with Gasteiger partial charge >= 0.3 is 5.97 Å². The molecule has 1 aromatic heterocycles. The maximum absolute atomic E-state index is 12.8. The number of nitro benzene ring substituents is 1. The largest absolute Gasteiger partial charge is 0.478 e. The molecule has 0 unspecified atom stereocenters. The first-order chi connectivity index (χ1) is 15.7. The molecule has 3 aromatic rings. The molecule has 0 spiro atoms. The van der Waals surface area contributed by atoms with Gasteiger partial charge in [-0.25, -0.2) is 4.79 Å². The third-order valence-corrected chi connectivity index (χ3v) is 6.01. The smallest absolute Gasteiger partial charge is 0.335 e. The highest BCUT2D eigenvalue weighted by Crippen LogP contribution is 2.36. The van der Waals surface area contributed by atoms with Gasteiger partial charge < -0.3 is 9.52 Å². The number of para-hydroxylation sites is 1. The molecule has 166 valence electrons. The number of rotatable bonds is 6. The number of halogens is 1. The number of furan rings is 1. The van der Waals surface area contributed by atoms with Crippen LogP contribution in [0.4, 0.5) is 10.5 Å². The van der Waals surface area contributed by atoms with E-state index in [0.29, 0.717) is 17.3 Å². The number of nitrogens with zero attached hydrogens (tertiary/aromatic N) is 2. The molecule has 11 heteroatoms. The SMILES string of the molecule is O=C(O)c1ccc(Cl)c(-c2ccc(C=C3SC(=O)N(Cc4ccccc4[N+](=O)[O-])C3=O)o2)c1. The normalized spacial score (nSPS) is 14.8. The van der Waals surface area contributed by atoms with E-state index in [2.05, 4.69) is 0 Å². The molecule has 9 nitrogen and oxygen atoms in total. The summed E-state index contributed by atoms with van der Waals surface area (Å²) in [7, 11) is 0. The molecule has 0 bridgehead atoms. The number of nitro groups is 1. The maximum Gasteiger partial charge on any atom is 0.335 e. The molecule has 1 fully saturated rings. The van der Waals surface area contributed by atoms with E-state index in [1.165, 1.54) is 42.5 Å². The van der Waals surface area contributed by atoms with Gasteiger partial charge in [-0.1, -0.05) is 29.8 Å². The van der Waals surface area contributed by atoms with Crippen molar-refractivity contribution in [3.63, 3.8) is 0 Å². The summed E-state index contributed by atoms with van der Waals surface area (Å²) in [6, 6.07) is 13.2. The molecular weight excluding hydrogens is 472 g/mol. The van der Waals surface area contributed by atoms with Gasteiger partial charge in [-0.15, -0.1) is 0 Å². The lowest BCUT2D eigenvalue weighted by Crippen LogP contribution is -2.27. The Morgan fingerprint density at radius 2 is 1.94 bits per heavy atom. The Labute approximate surface area is 195 Å². The van der Waals surface area contributed by atoms with Crippen LogP contribution in [-0.4, -0.2) is 32.0 Å². The minimum atomic E-state index is -1.12. The summed E-state index contributed by atoms with van der Waals surface area (Å²) >= 11 is 6.85. The Morgan fingerprint density at radius 3 is 2.67 bits per heavy atom. The fraction of sp³-hybridized carbons (Fsp3) is 0.0455. The lowest BCUT2D eigenvalue weighted by Gasteiger charge is -2.12. The van der Waals surface area contributed by atoms with Gasteiger partial charge in [0.15, 0.2) is 0 Å². The first-order valence-electron chi connectivity index (χ1n) is 9.35. The first kappa shape index (κ1) is 22.3. The number of hydrogen-bond donors (Lipinski definition) is 1. The second kappa shape index (κ2) is 8.93. The number of aromatic carboxylic acids is 1. The van der Waals surface area contributed by atoms with Gasteiger partial charge in [0.05, 0.1) is 27.0 Å². The minimum Gasteiger partial charge on any atom is -0.478 e. The van der Waals surface area contributed by atoms with Crippen LogP contribution in [0.15, 0.2) is 63.9 Å². The first-order valence-corrected chi connectivity index (χ1v) is 10.5. The number of carboxylic acid groups (broad SMARTS) is 1. The second-order valence-corrected chi connectivity index (χ2v) is 8.26. The molecule has 1 aliphatic heterocycles. The van der Waals surface area contributed by atoms with Crippen LogP contribution >= 0.6 is 23.4 Å². The van der Waals surface area contributed by atoms with Gasteiger partial charge in [-0.2, -0.15) is 0 Å². The van der Waals surface area contributed by atoms with Gasteiger partial charge in [0.25, 0.3) is 16.8 Å². The summed E-state index contributed by atoms with van der Waals surface area (Å²) in [6.07, 6.45) is 1.38. The summed E-state index contributed by atoms with van der Waals surface area (Å²) in [4.78, 5) is 48.0. The maximum atomic E-state index is 12.8. The van der Waals surface area contributed by atoms with Crippen molar-refractivity contribution in [2.45, 2.75) is 6.54 Å². The summed E-state index contributed by atoms with van der Waals surface area (Å²) in [5.41, 5.74) is 0.445. The molecule has 0 radical (unpaired) electrons. The molecule has 0 saturated carbocycles. The number of carbonyl (C=O) groups excluding carboxylic acids is 2. The molecular formula is C22H13ClN2O7S. The number of thioether (sulfide) groups is 1. The van der Waals surface area contributed by atoms with Crippen LogP contribution in [0.5, 0.6) is 0 Å². The fourth-order valence-corrected chi connectivity index (χ4v) is 4.21. The highest BCUT2D eigenvalue weighted by atomic mass is 35.5. The van der Waals surface area contributed by atoms with Crippen LogP contribution in [0.25, 0.3) is 17.4 Å². The molecule has 33 heavy (non-hydrogen) atoms. The van der Waals surface area contributed by atoms with Crippen molar-refractivity contribution in [3.05, 3.63) is 91.5 Å². The Balaban J connectivity index is 1.58. The van der Waals surface area contributed by atoms with Gasteiger partial charge in [-0.3, -0.25) is 24.6 Å². The summed E-state index contributed by atoms with van der Waals surface area (Å²) in [5, 5.41) is 20.1. The number of carbonyl (C=O) groups is 3. The van der Waals surface area contributed by atoms with E-state index in [0.717, 1.165) is 4.90 Å². The highest BCUT2D eigenvalue weighted by molar-refractivity contribution is 8.18. The van der Waals surface area contributed by atoms with Crippen molar-refractivity contribution in [2.24, 2.45) is 0 Å². The molecule has 4 rings (SSSR count). The lowest BCUT2D eigenvalue weighted by molar-refractivity contribution is -0.385. The van der Waals surface area contributed by atoms with Crippen molar-refractivity contribution in [1.82, 2.24) is 4.90 Å². The zero-order valence-corrected chi connectivity index (χ0v) is 18.1. The summed E-state index contributed by atoms with van der Waals surface area (Å²) in [6.45, 7) is -0.236. The molecule has 0 atom stereocenters. The third kappa shape index (κ3) is 4.52. The quantitative estimate of drug-likeness (QED) is 0.278. The molecule has 1 saturated heterocycles. The molecule has 2 aromatic carbocycles. The van der Waals surface area contributed by atoms with E-state index in [1.807, 2.05) is 0 Å². The van der Waals surface area contributed by atoms with E-state index in [-0.39, 0.29) is 44.8 Å². The summed E-state index contributed by atoms with van der Waals surface area (Å²) in [5.74, 6) is -1.19. The topological polar surface area (TPSA) is 131 Å². The third-order valence-electron chi connectivity index (χ3n) is 4.77. The van der Waals surface area contributed by atoms with Crippen LogP contribution in [0, 0.1) is 10.1 Å². The fourth-order valence-electron chi connectivity index (χ4n) is 3.18. The predicted molar refractivity (Wildman–Crippen MR) is 121 cm³/mol. The van der Waals surface area contributed by atoms with E-state index in [4.69, 9.17) is 16.0 Å². The van der Waals surface area contributed by atoms with Crippen molar-refractivity contribution < 1.29 is 28.8 Å².